The van der Waals surface area contributed by atoms with Gasteiger partial charge in [0.25, 0.3) is 0 Å². The van der Waals surface area contributed by atoms with E-state index in [-0.39, 0.29) is 0 Å². The molecule has 2 aromatic rings. The maximum Gasteiger partial charge on any atom is 0.195 e. The van der Waals surface area contributed by atoms with Crippen LogP contribution < -0.4 is 0 Å². The molecule has 0 aliphatic carbocycles. The maximum absolute atomic E-state index is 5.84. The molecule has 22 heavy (non-hydrogen) atoms. The van der Waals surface area contributed by atoms with Gasteiger partial charge in [-0.2, -0.15) is 0 Å². The van der Waals surface area contributed by atoms with E-state index in [1.807, 2.05) is 74.5 Å². The van der Waals surface area contributed by atoms with Crippen LogP contribution in [0.15, 0.2) is 72.2 Å². The molecule has 0 aliphatic heterocycles. The molecule has 2 nitrogen and oxygen atoms in total. The van der Waals surface area contributed by atoms with Gasteiger partial charge in [0.1, 0.15) is 5.76 Å². The number of para-hydroxylation sites is 1. The lowest BCUT2D eigenvalue weighted by molar-refractivity contribution is 0.490. The van der Waals surface area contributed by atoms with Gasteiger partial charge in [-0.15, -0.1) is 0 Å². The summed E-state index contributed by atoms with van der Waals surface area (Å²) < 4.78 is 5.84. The highest BCUT2D eigenvalue weighted by Crippen LogP contribution is 2.18. The average Bonchev–Trinajstić information content (AvgIpc) is 2.58. The zero-order valence-electron chi connectivity index (χ0n) is 13.8. The van der Waals surface area contributed by atoms with E-state index >= 15 is 0 Å². The van der Waals surface area contributed by atoms with E-state index in [0.29, 0.717) is 11.7 Å². The number of hydrogen-bond donors (Lipinski definition) is 0. The predicted octanol–water partition coefficient (Wildman–Crippen LogP) is 6.23. The monoisotopic (exact) mass is 295 g/mol. The number of rotatable bonds is 5. The third-order valence-electron chi connectivity index (χ3n) is 2.81. The largest absolute Gasteiger partial charge is 0.443 e. The molecule has 0 atom stereocenters. The smallest absolute Gasteiger partial charge is 0.195 e. The molecule has 0 fully saturated rings. The molecule has 0 saturated heterocycles. The van der Waals surface area contributed by atoms with Crippen LogP contribution in [0.3, 0.4) is 0 Å². The summed E-state index contributed by atoms with van der Waals surface area (Å²) in [5, 5.41) is 0. The average molecular weight is 295 g/mol. The van der Waals surface area contributed by atoms with Gasteiger partial charge in [0, 0.05) is 12.0 Å². The molecule has 0 radical (unpaired) electrons. The van der Waals surface area contributed by atoms with Crippen LogP contribution in [0.2, 0.25) is 0 Å². The van der Waals surface area contributed by atoms with Gasteiger partial charge in [0.2, 0.25) is 0 Å². The van der Waals surface area contributed by atoms with Gasteiger partial charge in [-0.3, -0.25) is 0 Å². The lowest BCUT2D eigenvalue weighted by atomic mass is 10.2. The van der Waals surface area contributed by atoms with Crippen molar-refractivity contribution in [2.75, 3.05) is 0 Å². The highest BCUT2D eigenvalue weighted by atomic mass is 16.5. The lowest BCUT2D eigenvalue weighted by Gasteiger charge is -2.11. The van der Waals surface area contributed by atoms with Crippen molar-refractivity contribution in [3.05, 3.63) is 72.8 Å². The topological polar surface area (TPSA) is 21.6 Å². The number of benzene rings is 2. The first-order valence-electron chi connectivity index (χ1n) is 7.84. The standard InChI is InChI=1S/C18H19NO.C2H6/c1-3-10-18(19-17-13-8-5-9-14-17)20-15(2)16-11-6-4-7-12-16;1-2/h4-9,11-14H,2-3,10H2,1H3;1-2H3. The van der Waals surface area contributed by atoms with Crippen molar-refractivity contribution >= 4 is 17.3 Å². The van der Waals surface area contributed by atoms with Crippen molar-refractivity contribution in [1.29, 1.82) is 0 Å². The second kappa shape index (κ2) is 10.4. The molecule has 2 heteroatoms. The van der Waals surface area contributed by atoms with Gasteiger partial charge in [-0.25, -0.2) is 4.99 Å². The van der Waals surface area contributed by atoms with Crippen molar-refractivity contribution in [2.24, 2.45) is 4.99 Å². The molecule has 0 heterocycles. The van der Waals surface area contributed by atoms with Gasteiger partial charge in [-0.05, 0) is 18.6 Å². The molecule has 2 aromatic carbocycles. The van der Waals surface area contributed by atoms with Crippen molar-refractivity contribution in [1.82, 2.24) is 0 Å². The van der Waals surface area contributed by atoms with Crippen LogP contribution in [0, 0.1) is 0 Å². The summed E-state index contributed by atoms with van der Waals surface area (Å²) in [6, 6.07) is 19.7. The first-order chi connectivity index (χ1) is 10.8. The van der Waals surface area contributed by atoms with Crippen LogP contribution >= 0.6 is 0 Å². The molecule has 0 bridgehead atoms. The molecule has 0 aromatic heterocycles. The zero-order chi connectivity index (χ0) is 16.2. The van der Waals surface area contributed by atoms with Gasteiger partial charge < -0.3 is 4.74 Å². The minimum atomic E-state index is 0.633. The Hall–Kier alpha value is -2.35. The van der Waals surface area contributed by atoms with Crippen LogP contribution in [-0.4, -0.2) is 5.90 Å². The number of hydrogen-bond acceptors (Lipinski definition) is 2. The second-order valence-electron chi connectivity index (χ2n) is 4.48. The van der Waals surface area contributed by atoms with Gasteiger partial charge in [0.05, 0.1) is 5.69 Å². The molecule has 2 rings (SSSR count). The van der Waals surface area contributed by atoms with Crippen LogP contribution in [0.5, 0.6) is 0 Å². The molecular formula is C20H25NO. The van der Waals surface area contributed by atoms with Crippen molar-refractivity contribution < 1.29 is 4.74 Å². The normalized spacial score (nSPS) is 10.4. The Morgan fingerprint density at radius 3 is 2.05 bits per heavy atom. The first kappa shape index (κ1) is 17.7. The van der Waals surface area contributed by atoms with Crippen LogP contribution in [0.1, 0.15) is 39.2 Å². The Balaban J connectivity index is 0.00000116. The Morgan fingerprint density at radius 2 is 1.50 bits per heavy atom. The third kappa shape index (κ3) is 5.96. The number of ether oxygens (including phenoxy) is 1. The van der Waals surface area contributed by atoms with E-state index in [4.69, 9.17) is 4.74 Å². The predicted molar refractivity (Wildman–Crippen MR) is 96.4 cm³/mol. The van der Waals surface area contributed by atoms with E-state index < -0.39 is 0 Å². The summed E-state index contributed by atoms with van der Waals surface area (Å²) in [6.07, 6.45) is 1.77. The van der Waals surface area contributed by atoms with Gasteiger partial charge in [-0.1, -0.05) is 75.9 Å². The highest BCUT2D eigenvalue weighted by Gasteiger charge is 2.05. The molecule has 116 valence electrons. The van der Waals surface area contributed by atoms with Crippen LogP contribution in [-0.2, 0) is 4.74 Å². The molecule has 0 aliphatic rings. The Bertz CT molecular complexity index is 573. The van der Waals surface area contributed by atoms with E-state index in [0.717, 1.165) is 24.1 Å². The fraction of sp³-hybridized carbons (Fsp3) is 0.250. The highest BCUT2D eigenvalue weighted by molar-refractivity contribution is 5.84. The van der Waals surface area contributed by atoms with Crippen molar-refractivity contribution in [2.45, 2.75) is 33.6 Å². The quantitative estimate of drug-likeness (QED) is 0.364. The molecule has 0 spiro atoms. The van der Waals surface area contributed by atoms with Crippen molar-refractivity contribution in [3.8, 4) is 0 Å². The van der Waals surface area contributed by atoms with Gasteiger partial charge in [0.15, 0.2) is 5.90 Å². The molecule has 0 unspecified atom stereocenters. The number of aliphatic imine (C=N–C) groups is 1. The van der Waals surface area contributed by atoms with Crippen LogP contribution in [0.4, 0.5) is 5.69 Å². The Labute approximate surface area is 134 Å². The summed E-state index contributed by atoms with van der Waals surface area (Å²) in [5.74, 6) is 1.33. The molecular weight excluding hydrogens is 270 g/mol. The maximum atomic E-state index is 5.84. The van der Waals surface area contributed by atoms with E-state index in [1.165, 1.54) is 0 Å². The van der Waals surface area contributed by atoms with E-state index in [2.05, 4.69) is 18.5 Å². The molecule has 0 amide bonds. The fourth-order valence-electron chi connectivity index (χ4n) is 1.82. The molecule has 0 N–H and O–H groups in total. The Kier molecular flexibility index (Phi) is 8.36. The zero-order valence-corrected chi connectivity index (χ0v) is 13.8. The summed E-state index contributed by atoms with van der Waals surface area (Å²) in [4.78, 5) is 4.55. The minimum Gasteiger partial charge on any atom is -0.443 e. The SMILES string of the molecule is C=C(OC(CCC)=Nc1ccccc1)c1ccccc1.CC. The van der Waals surface area contributed by atoms with E-state index in [9.17, 15) is 0 Å². The lowest BCUT2D eigenvalue weighted by Crippen LogP contribution is -2.03. The summed E-state index contributed by atoms with van der Waals surface area (Å²) in [5.41, 5.74) is 1.88. The summed E-state index contributed by atoms with van der Waals surface area (Å²) >= 11 is 0. The second-order valence-corrected chi connectivity index (χ2v) is 4.48. The summed E-state index contributed by atoms with van der Waals surface area (Å²) in [7, 11) is 0. The summed E-state index contributed by atoms with van der Waals surface area (Å²) in [6.45, 7) is 10.1. The minimum absolute atomic E-state index is 0.633. The van der Waals surface area contributed by atoms with Crippen molar-refractivity contribution in [3.63, 3.8) is 0 Å². The Morgan fingerprint density at radius 1 is 0.955 bits per heavy atom. The molecule has 0 saturated carbocycles. The third-order valence-corrected chi connectivity index (χ3v) is 2.81. The van der Waals surface area contributed by atoms with Crippen LogP contribution in [0.25, 0.3) is 5.76 Å². The van der Waals surface area contributed by atoms with E-state index in [1.54, 1.807) is 0 Å². The fourth-order valence-corrected chi connectivity index (χ4v) is 1.82. The number of nitrogens with zero attached hydrogens (tertiary/aromatic N) is 1. The first-order valence-corrected chi connectivity index (χ1v) is 7.84. The van der Waals surface area contributed by atoms with Gasteiger partial charge >= 0.3 is 0 Å².